The molecular weight excluding hydrogens is 378 g/mol. The molecule has 1 heterocycles. The molecule has 0 saturated heterocycles. The Kier molecular flexibility index (Phi) is 5.64. The first kappa shape index (κ1) is 19.8. The van der Waals surface area contributed by atoms with Gasteiger partial charge in [-0.3, -0.25) is 9.59 Å². The topological polar surface area (TPSA) is 130 Å². The first-order valence-electron chi connectivity index (χ1n) is 8.91. The first-order chi connectivity index (χ1) is 13.4. The Bertz CT molecular complexity index is 908. The Balaban J connectivity index is 1.81. The Labute approximate surface area is 167 Å². The summed E-state index contributed by atoms with van der Waals surface area (Å²) in [4.78, 5) is 29.7. The maximum absolute atomic E-state index is 12.8. The van der Waals surface area contributed by atoms with E-state index in [1.807, 2.05) is 6.92 Å². The number of aryl methyl sites for hydroxylation is 1. The minimum atomic E-state index is -1.00. The van der Waals surface area contributed by atoms with Crippen molar-refractivity contribution in [2.75, 3.05) is 7.05 Å². The van der Waals surface area contributed by atoms with Crippen LogP contribution in [-0.4, -0.2) is 35.1 Å². The quantitative estimate of drug-likeness (QED) is 0.514. The molecule has 1 saturated carbocycles. The van der Waals surface area contributed by atoms with E-state index >= 15 is 0 Å². The Morgan fingerprint density at radius 3 is 2.68 bits per heavy atom. The van der Waals surface area contributed by atoms with Crippen LogP contribution < -0.4 is 16.4 Å². The molecule has 3 rings (SSSR count). The van der Waals surface area contributed by atoms with Crippen LogP contribution in [0.4, 0.5) is 0 Å². The van der Waals surface area contributed by atoms with Crippen molar-refractivity contribution in [2.45, 2.75) is 38.3 Å². The van der Waals surface area contributed by atoms with Crippen LogP contribution >= 0.6 is 11.3 Å². The number of nitrogens with one attached hydrogen (secondary N) is 3. The number of aromatic nitrogens is 1. The zero-order valence-corrected chi connectivity index (χ0v) is 16.6. The second-order valence-electron chi connectivity index (χ2n) is 6.74. The van der Waals surface area contributed by atoms with Gasteiger partial charge in [0.15, 0.2) is 0 Å². The number of carbonyl (C=O) groups excluding carboxylic acids is 2. The van der Waals surface area contributed by atoms with E-state index in [-0.39, 0.29) is 11.4 Å². The molecule has 1 fully saturated rings. The molecule has 0 aliphatic heterocycles. The lowest BCUT2D eigenvalue weighted by atomic mass is 9.76. The van der Waals surface area contributed by atoms with Crippen LogP contribution in [0, 0.1) is 12.3 Å². The normalized spacial score (nSPS) is 19.4. The molecule has 0 atom stereocenters. The standard InChI is InChI=1S/C19H23N5O3S/c1-11-15(28-10-23-11)9-27-12-4-5-14(20)13(8-12)16(22-2)17(25)24-19(18(21)26)6-3-7-19/h4-5,8,10,20,22H,3,6-7,9H2,1-2H3,(H2,21,26)(H,24,25)/b16-13-,20-14?. The molecule has 5 N–H and O–H groups in total. The molecular formula is C19H23N5O3S. The van der Waals surface area contributed by atoms with Gasteiger partial charge in [-0.2, -0.15) is 0 Å². The summed E-state index contributed by atoms with van der Waals surface area (Å²) in [6.07, 6.45) is 6.78. The fourth-order valence-corrected chi connectivity index (χ4v) is 3.74. The van der Waals surface area contributed by atoms with Gasteiger partial charge in [-0.15, -0.1) is 11.3 Å². The van der Waals surface area contributed by atoms with Gasteiger partial charge >= 0.3 is 0 Å². The SMILES string of the molecule is CN/C(C(=O)NC1(C(N)=O)CCC1)=C1/C=C(OCc2scnc2C)C=CC1=N. The zero-order valence-electron chi connectivity index (χ0n) is 15.8. The van der Waals surface area contributed by atoms with Crippen molar-refractivity contribution in [3.63, 3.8) is 0 Å². The fourth-order valence-electron chi connectivity index (χ4n) is 3.05. The number of primary amides is 1. The molecule has 0 radical (unpaired) electrons. The summed E-state index contributed by atoms with van der Waals surface area (Å²) in [6.45, 7) is 2.28. The van der Waals surface area contributed by atoms with E-state index in [0.717, 1.165) is 17.0 Å². The maximum Gasteiger partial charge on any atom is 0.268 e. The van der Waals surface area contributed by atoms with E-state index in [1.54, 1.807) is 30.8 Å². The summed E-state index contributed by atoms with van der Waals surface area (Å²) < 4.78 is 5.81. The number of allylic oxidation sites excluding steroid dienone is 4. The summed E-state index contributed by atoms with van der Waals surface area (Å²) in [5.41, 5.74) is 7.90. The molecule has 0 aromatic carbocycles. The average molecular weight is 401 g/mol. The molecule has 2 amide bonds. The Morgan fingerprint density at radius 2 is 2.14 bits per heavy atom. The molecule has 28 heavy (non-hydrogen) atoms. The first-order valence-corrected chi connectivity index (χ1v) is 9.79. The smallest absolute Gasteiger partial charge is 0.268 e. The van der Waals surface area contributed by atoms with Gasteiger partial charge in [0.2, 0.25) is 5.91 Å². The predicted molar refractivity (Wildman–Crippen MR) is 107 cm³/mol. The largest absolute Gasteiger partial charge is 0.488 e. The fraction of sp³-hybridized carbons (Fsp3) is 0.368. The third-order valence-electron chi connectivity index (χ3n) is 4.98. The van der Waals surface area contributed by atoms with Crippen molar-refractivity contribution in [1.82, 2.24) is 15.6 Å². The molecule has 0 bridgehead atoms. The van der Waals surface area contributed by atoms with Gasteiger partial charge in [0, 0.05) is 12.6 Å². The van der Waals surface area contributed by atoms with Gasteiger partial charge in [-0.25, -0.2) is 4.98 Å². The van der Waals surface area contributed by atoms with Crippen molar-refractivity contribution < 1.29 is 14.3 Å². The highest BCUT2D eigenvalue weighted by Gasteiger charge is 2.44. The van der Waals surface area contributed by atoms with Crippen molar-refractivity contribution in [3.8, 4) is 0 Å². The van der Waals surface area contributed by atoms with Crippen LogP contribution in [0.1, 0.15) is 29.8 Å². The van der Waals surface area contributed by atoms with Gasteiger partial charge in [0.1, 0.15) is 23.6 Å². The molecule has 2 aliphatic rings. The van der Waals surface area contributed by atoms with E-state index < -0.39 is 17.4 Å². The molecule has 1 aromatic rings. The Hall–Kier alpha value is -2.94. The lowest BCUT2D eigenvalue weighted by Gasteiger charge is -2.39. The third kappa shape index (κ3) is 3.84. The number of amides is 2. The van der Waals surface area contributed by atoms with Crippen LogP contribution in [0.5, 0.6) is 0 Å². The Morgan fingerprint density at radius 1 is 1.39 bits per heavy atom. The van der Waals surface area contributed by atoms with Gasteiger partial charge in [0.25, 0.3) is 5.91 Å². The minimum Gasteiger partial charge on any atom is -0.488 e. The van der Waals surface area contributed by atoms with Crippen molar-refractivity contribution in [3.05, 3.63) is 51.3 Å². The van der Waals surface area contributed by atoms with Crippen molar-refractivity contribution in [2.24, 2.45) is 5.73 Å². The van der Waals surface area contributed by atoms with E-state index in [1.165, 1.54) is 11.3 Å². The van der Waals surface area contributed by atoms with Gasteiger partial charge in [-0.05, 0) is 44.4 Å². The summed E-state index contributed by atoms with van der Waals surface area (Å²) >= 11 is 1.51. The van der Waals surface area contributed by atoms with E-state index in [0.29, 0.717) is 30.8 Å². The summed E-state index contributed by atoms with van der Waals surface area (Å²) in [7, 11) is 1.60. The molecule has 9 heteroatoms. The number of hydrogen-bond donors (Lipinski definition) is 4. The third-order valence-corrected chi connectivity index (χ3v) is 5.89. The highest BCUT2D eigenvalue weighted by molar-refractivity contribution is 7.09. The molecule has 0 spiro atoms. The van der Waals surface area contributed by atoms with Crippen molar-refractivity contribution >= 4 is 28.9 Å². The lowest BCUT2D eigenvalue weighted by molar-refractivity contribution is -0.133. The number of hydrogen-bond acceptors (Lipinski definition) is 7. The molecule has 8 nitrogen and oxygen atoms in total. The van der Waals surface area contributed by atoms with Gasteiger partial charge < -0.3 is 26.5 Å². The number of nitrogens with zero attached hydrogens (tertiary/aromatic N) is 1. The van der Waals surface area contributed by atoms with Crippen LogP contribution in [0.2, 0.25) is 0 Å². The van der Waals surface area contributed by atoms with Gasteiger partial charge in [0.05, 0.1) is 21.8 Å². The molecule has 0 unspecified atom stereocenters. The summed E-state index contributed by atoms with van der Waals surface area (Å²) in [5, 5.41) is 13.8. The summed E-state index contributed by atoms with van der Waals surface area (Å²) in [5.74, 6) is -0.469. The lowest BCUT2D eigenvalue weighted by Crippen LogP contribution is -2.62. The number of likely N-dealkylation sites (N-methyl/N-ethyl adjacent to an activating group) is 1. The van der Waals surface area contributed by atoms with Crippen LogP contribution in [0.3, 0.4) is 0 Å². The summed E-state index contributed by atoms with van der Waals surface area (Å²) in [6, 6.07) is 0. The highest BCUT2D eigenvalue weighted by atomic mass is 32.1. The highest BCUT2D eigenvalue weighted by Crippen LogP contribution is 2.32. The number of thiazole rings is 1. The average Bonchev–Trinajstić information content (AvgIpc) is 3.03. The minimum absolute atomic E-state index is 0.169. The monoisotopic (exact) mass is 401 g/mol. The molecule has 1 aromatic heterocycles. The second-order valence-corrected chi connectivity index (χ2v) is 7.68. The van der Waals surface area contributed by atoms with E-state index in [2.05, 4.69) is 15.6 Å². The van der Waals surface area contributed by atoms with Crippen LogP contribution in [0.25, 0.3) is 0 Å². The van der Waals surface area contributed by atoms with Gasteiger partial charge in [-0.1, -0.05) is 0 Å². The molecule has 148 valence electrons. The predicted octanol–water partition coefficient (Wildman–Crippen LogP) is 1.44. The van der Waals surface area contributed by atoms with E-state index in [9.17, 15) is 9.59 Å². The van der Waals surface area contributed by atoms with Crippen molar-refractivity contribution in [1.29, 1.82) is 5.41 Å². The maximum atomic E-state index is 12.8. The van der Waals surface area contributed by atoms with Crippen LogP contribution in [0.15, 0.2) is 40.8 Å². The number of carbonyl (C=O) groups is 2. The second kappa shape index (κ2) is 7.97. The van der Waals surface area contributed by atoms with E-state index in [4.69, 9.17) is 15.9 Å². The number of nitrogens with two attached hydrogens (primary N) is 1. The number of ether oxygens (including phenoxy) is 1. The zero-order chi connectivity index (χ0) is 20.3. The number of rotatable bonds is 7. The molecule has 2 aliphatic carbocycles. The van der Waals surface area contributed by atoms with Crippen LogP contribution in [-0.2, 0) is 20.9 Å².